The van der Waals surface area contributed by atoms with Gasteiger partial charge >= 0.3 is 0 Å². The third kappa shape index (κ3) is 5.99. The molecule has 7 heteroatoms. The van der Waals surface area contributed by atoms with Crippen molar-refractivity contribution in [1.82, 2.24) is 15.2 Å². The SMILES string of the molecule is COc1ccc([C@@H](C)N[C@@H]2CC[C@H](C(=O)N3CCN(c4ccc(C)cn4)CC3)[C@@H](c3ccsc3)C2)cc1. The van der Waals surface area contributed by atoms with Crippen LogP contribution in [0.5, 0.6) is 5.75 Å². The predicted octanol–water partition coefficient (Wildman–Crippen LogP) is 5.41. The Labute approximate surface area is 224 Å². The van der Waals surface area contributed by atoms with Crippen molar-refractivity contribution < 1.29 is 9.53 Å². The fourth-order valence-corrected chi connectivity index (χ4v) is 6.58. The number of thiophene rings is 1. The molecule has 1 amide bonds. The van der Waals surface area contributed by atoms with E-state index in [0.29, 0.717) is 11.9 Å². The number of carbonyl (C=O) groups is 1. The van der Waals surface area contributed by atoms with Gasteiger partial charge in [-0.05, 0) is 90.7 Å². The molecule has 0 bridgehead atoms. The Hall–Kier alpha value is -2.90. The number of nitrogens with zero attached hydrogens (tertiary/aromatic N) is 3. The van der Waals surface area contributed by atoms with Crippen LogP contribution in [0.2, 0.25) is 0 Å². The van der Waals surface area contributed by atoms with Gasteiger partial charge in [-0.2, -0.15) is 11.3 Å². The van der Waals surface area contributed by atoms with Crippen LogP contribution < -0.4 is 15.0 Å². The average Bonchev–Trinajstić information content (AvgIpc) is 3.48. The lowest BCUT2D eigenvalue weighted by molar-refractivity contribution is -0.137. The minimum Gasteiger partial charge on any atom is -0.497 e. The molecule has 4 atom stereocenters. The van der Waals surface area contributed by atoms with Crippen LogP contribution in [-0.2, 0) is 4.79 Å². The first-order valence-electron chi connectivity index (χ1n) is 13.4. The third-order valence-corrected chi connectivity index (χ3v) is 8.75. The van der Waals surface area contributed by atoms with Gasteiger partial charge in [0.2, 0.25) is 5.91 Å². The van der Waals surface area contributed by atoms with Crippen molar-refractivity contribution >= 4 is 23.1 Å². The first kappa shape index (κ1) is 25.7. The normalized spacial score (nSPS) is 23.1. The number of rotatable bonds is 7. The highest BCUT2D eigenvalue weighted by molar-refractivity contribution is 7.08. The van der Waals surface area contributed by atoms with Gasteiger partial charge in [0.25, 0.3) is 0 Å². The Morgan fingerprint density at radius 3 is 2.51 bits per heavy atom. The van der Waals surface area contributed by atoms with E-state index in [1.807, 2.05) is 18.3 Å². The van der Waals surface area contributed by atoms with Crippen LogP contribution in [0.25, 0.3) is 0 Å². The van der Waals surface area contributed by atoms with Crippen LogP contribution in [0.1, 0.15) is 54.8 Å². The molecule has 1 saturated heterocycles. The van der Waals surface area contributed by atoms with E-state index < -0.39 is 0 Å². The number of methoxy groups -OCH3 is 1. The maximum atomic E-state index is 13.8. The summed E-state index contributed by atoms with van der Waals surface area (Å²) < 4.78 is 5.31. The van der Waals surface area contributed by atoms with Gasteiger partial charge in [0.05, 0.1) is 7.11 Å². The predicted molar refractivity (Wildman–Crippen MR) is 151 cm³/mol. The number of carbonyl (C=O) groups excluding carboxylic acids is 1. The molecule has 3 heterocycles. The van der Waals surface area contributed by atoms with E-state index in [2.05, 4.69) is 75.0 Å². The van der Waals surface area contributed by atoms with Crippen molar-refractivity contribution in [2.75, 3.05) is 38.2 Å². The average molecular weight is 519 g/mol. The van der Waals surface area contributed by atoms with Crippen LogP contribution in [0.15, 0.2) is 59.4 Å². The number of aryl methyl sites for hydroxylation is 1. The summed E-state index contributed by atoms with van der Waals surface area (Å²) in [4.78, 5) is 22.8. The number of piperazine rings is 1. The highest BCUT2D eigenvalue weighted by atomic mass is 32.1. The minimum absolute atomic E-state index is 0.0491. The molecule has 1 N–H and O–H groups in total. The van der Waals surface area contributed by atoms with Gasteiger partial charge in [0, 0.05) is 50.4 Å². The molecule has 1 aliphatic carbocycles. The molecule has 2 fully saturated rings. The molecule has 37 heavy (non-hydrogen) atoms. The zero-order chi connectivity index (χ0) is 25.8. The molecule has 1 saturated carbocycles. The quantitative estimate of drug-likeness (QED) is 0.453. The topological polar surface area (TPSA) is 57.7 Å². The van der Waals surface area contributed by atoms with E-state index in [9.17, 15) is 4.79 Å². The van der Waals surface area contributed by atoms with Gasteiger partial charge < -0.3 is 19.9 Å². The van der Waals surface area contributed by atoms with Crippen molar-refractivity contribution in [3.05, 3.63) is 76.1 Å². The number of pyridine rings is 1. The van der Waals surface area contributed by atoms with Crippen LogP contribution in [0, 0.1) is 12.8 Å². The van der Waals surface area contributed by atoms with Gasteiger partial charge in [-0.15, -0.1) is 0 Å². The largest absolute Gasteiger partial charge is 0.497 e. The van der Waals surface area contributed by atoms with E-state index in [4.69, 9.17) is 4.74 Å². The Balaban J connectivity index is 1.22. The molecular weight excluding hydrogens is 480 g/mol. The second-order valence-electron chi connectivity index (χ2n) is 10.4. The van der Waals surface area contributed by atoms with Gasteiger partial charge in [-0.25, -0.2) is 4.98 Å². The smallest absolute Gasteiger partial charge is 0.226 e. The lowest BCUT2D eigenvalue weighted by Gasteiger charge is -2.41. The summed E-state index contributed by atoms with van der Waals surface area (Å²) in [5.41, 5.74) is 3.74. The number of hydrogen-bond donors (Lipinski definition) is 1. The van der Waals surface area contributed by atoms with E-state index in [1.54, 1.807) is 18.4 Å². The fourth-order valence-electron chi connectivity index (χ4n) is 5.85. The van der Waals surface area contributed by atoms with E-state index in [1.165, 1.54) is 16.7 Å². The molecular formula is C30H38N4O2S. The standard InChI is InChI=1S/C30H38N4O2S/c1-21-4-11-29(31-19-21)33-13-15-34(16-14-33)30(35)27-10-7-25(18-28(27)24-12-17-37-20-24)32-22(2)23-5-8-26(36-3)9-6-23/h4-6,8-9,11-12,17,19-20,22,25,27-28,32H,7,10,13-16,18H2,1-3H3/t22-,25-,27+,28-/m1/s1. The summed E-state index contributed by atoms with van der Waals surface area (Å²) in [6.07, 6.45) is 4.85. The van der Waals surface area contributed by atoms with E-state index in [0.717, 1.165) is 57.0 Å². The van der Waals surface area contributed by atoms with Crippen LogP contribution >= 0.6 is 11.3 Å². The summed E-state index contributed by atoms with van der Waals surface area (Å²) in [5, 5.41) is 8.23. The highest BCUT2D eigenvalue weighted by Gasteiger charge is 2.39. The third-order valence-electron chi connectivity index (χ3n) is 8.05. The number of nitrogens with one attached hydrogen (secondary N) is 1. The second-order valence-corrected chi connectivity index (χ2v) is 11.2. The number of anilines is 1. The molecule has 0 unspecified atom stereocenters. The number of hydrogen-bond acceptors (Lipinski definition) is 6. The van der Waals surface area contributed by atoms with Crippen molar-refractivity contribution in [2.24, 2.45) is 5.92 Å². The lowest BCUT2D eigenvalue weighted by Crippen LogP contribution is -2.52. The monoisotopic (exact) mass is 518 g/mol. The van der Waals surface area contributed by atoms with E-state index in [-0.39, 0.29) is 17.9 Å². The summed E-state index contributed by atoms with van der Waals surface area (Å²) in [5.74, 6) is 2.52. The Morgan fingerprint density at radius 2 is 1.86 bits per heavy atom. The number of amides is 1. The Kier molecular flexibility index (Phi) is 8.11. The van der Waals surface area contributed by atoms with Crippen molar-refractivity contribution in [3.63, 3.8) is 0 Å². The first-order valence-corrected chi connectivity index (χ1v) is 14.3. The molecule has 6 nitrogen and oxygen atoms in total. The molecule has 196 valence electrons. The first-order chi connectivity index (χ1) is 18.0. The number of aromatic nitrogens is 1. The Bertz CT molecular complexity index is 1140. The van der Waals surface area contributed by atoms with Gasteiger partial charge in [-0.3, -0.25) is 4.79 Å². The van der Waals surface area contributed by atoms with Crippen LogP contribution in [0.3, 0.4) is 0 Å². The molecule has 2 aromatic heterocycles. The molecule has 0 spiro atoms. The van der Waals surface area contributed by atoms with Gasteiger partial charge in [0.1, 0.15) is 11.6 Å². The number of ether oxygens (including phenoxy) is 1. The lowest BCUT2D eigenvalue weighted by atomic mass is 9.73. The molecule has 5 rings (SSSR count). The maximum absolute atomic E-state index is 13.8. The number of benzene rings is 1. The molecule has 1 aliphatic heterocycles. The summed E-state index contributed by atoms with van der Waals surface area (Å²) in [6, 6.07) is 15.3. The van der Waals surface area contributed by atoms with Crippen molar-refractivity contribution in [1.29, 1.82) is 0 Å². The van der Waals surface area contributed by atoms with Crippen LogP contribution in [-0.4, -0.2) is 55.1 Å². The second kappa shape index (κ2) is 11.7. The van der Waals surface area contributed by atoms with Gasteiger partial charge in [-0.1, -0.05) is 18.2 Å². The van der Waals surface area contributed by atoms with Crippen molar-refractivity contribution in [2.45, 2.75) is 51.1 Å². The zero-order valence-electron chi connectivity index (χ0n) is 22.1. The fraction of sp³-hybridized carbons (Fsp3) is 0.467. The van der Waals surface area contributed by atoms with E-state index >= 15 is 0 Å². The minimum atomic E-state index is 0.0491. The highest BCUT2D eigenvalue weighted by Crippen LogP contribution is 2.40. The summed E-state index contributed by atoms with van der Waals surface area (Å²) >= 11 is 1.73. The molecule has 2 aliphatic rings. The molecule has 3 aromatic rings. The van der Waals surface area contributed by atoms with Crippen LogP contribution in [0.4, 0.5) is 5.82 Å². The molecule has 1 aromatic carbocycles. The molecule has 0 radical (unpaired) electrons. The summed E-state index contributed by atoms with van der Waals surface area (Å²) in [7, 11) is 1.70. The zero-order valence-corrected chi connectivity index (χ0v) is 22.9. The summed E-state index contributed by atoms with van der Waals surface area (Å²) in [6.45, 7) is 7.47. The Morgan fingerprint density at radius 1 is 1.08 bits per heavy atom. The van der Waals surface area contributed by atoms with Crippen molar-refractivity contribution in [3.8, 4) is 5.75 Å². The van der Waals surface area contributed by atoms with Gasteiger partial charge in [0.15, 0.2) is 0 Å². The maximum Gasteiger partial charge on any atom is 0.226 e.